The lowest BCUT2D eigenvalue weighted by Crippen LogP contribution is -1.98. The molecule has 0 aromatic carbocycles. The van der Waals surface area contributed by atoms with Crippen LogP contribution >= 0.6 is 22.6 Å². The molecule has 0 amide bonds. The Morgan fingerprint density at radius 2 is 2.43 bits per heavy atom. The summed E-state index contributed by atoms with van der Waals surface area (Å²) in [4.78, 5) is 0. The lowest BCUT2D eigenvalue weighted by atomic mass is 10.9. The Morgan fingerprint density at radius 1 is 1.86 bits per heavy atom. The van der Waals surface area contributed by atoms with E-state index >= 15 is 0 Å². The maximum Gasteiger partial charge on any atom is 0.0928 e. The first-order valence-electron chi connectivity index (χ1n) is 1.76. The zero-order chi connectivity index (χ0) is 5.70. The van der Waals surface area contributed by atoms with Crippen molar-refractivity contribution in [3.63, 3.8) is 0 Å². The van der Waals surface area contributed by atoms with E-state index in [4.69, 9.17) is 5.73 Å². The average molecular weight is 210 g/mol. The van der Waals surface area contributed by atoms with Crippen LogP contribution in [0.2, 0.25) is 0 Å². The topological polar surface area (TPSA) is 38.0 Å². The van der Waals surface area contributed by atoms with Gasteiger partial charge in [-0.3, -0.25) is 0 Å². The molecule has 0 saturated carbocycles. The zero-order valence-electron chi connectivity index (χ0n) is 3.82. The molecule has 0 aliphatic carbocycles. The molecule has 0 aliphatic rings. The van der Waals surface area contributed by atoms with Crippen LogP contribution in [0.25, 0.3) is 0 Å². The molecule has 0 unspecified atom stereocenters. The monoisotopic (exact) mass is 210 g/mol. The summed E-state index contributed by atoms with van der Waals surface area (Å²) >= 11 is 2.06. The molecular weight excluding hydrogens is 203 g/mol. The predicted molar refractivity (Wildman–Crippen MR) is 39.6 cm³/mol. The predicted octanol–water partition coefficient (Wildman–Crippen LogP) is 0.912. The molecule has 0 aromatic rings. The van der Waals surface area contributed by atoms with Crippen LogP contribution in [0.5, 0.6) is 0 Å². The number of nitrogens with two attached hydrogens (primary N) is 1. The molecule has 40 valence electrons. The normalized spacial score (nSPS) is 10.7. The van der Waals surface area contributed by atoms with Crippen molar-refractivity contribution in [1.82, 2.24) is 5.32 Å². The standard InChI is InChI=1S/C4H7IN2/c1-2-7-4(5)3-6/h2-3,7H,1,6H2/b4-3-. The van der Waals surface area contributed by atoms with Crippen molar-refractivity contribution in [1.29, 1.82) is 0 Å². The minimum Gasteiger partial charge on any atom is -0.403 e. The van der Waals surface area contributed by atoms with Gasteiger partial charge in [0.2, 0.25) is 0 Å². The van der Waals surface area contributed by atoms with Crippen molar-refractivity contribution in [2.45, 2.75) is 0 Å². The second-order valence-corrected chi connectivity index (χ2v) is 2.03. The molecule has 0 fully saturated rings. The fourth-order valence-electron chi connectivity index (χ4n) is 0.146. The van der Waals surface area contributed by atoms with E-state index in [0.717, 1.165) is 3.70 Å². The molecular formula is C4H7IN2. The van der Waals surface area contributed by atoms with Crippen molar-refractivity contribution in [2.24, 2.45) is 5.73 Å². The van der Waals surface area contributed by atoms with E-state index in [1.54, 1.807) is 6.20 Å². The van der Waals surface area contributed by atoms with Crippen LogP contribution in [0.4, 0.5) is 0 Å². The smallest absolute Gasteiger partial charge is 0.0928 e. The van der Waals surface area contributed by atoms with E-state index in [1.807, 2.05) is 0 Å². The molecule has 0 spiro atoms. The van der Waals surface area contributed by atoms with E-state index < -0.39 is 0 Å². The average Bonchev–Trinajstić information content (AvgIpc) is 1.68. The van der Waals surface area contributed by atoms with Crippen molar-refractivity contribution in [3.05, 3.63) is 22.7 Å². The van der Waals surface area contributed by atoms with Gasteiger partial charge in [-0.15, -0.1) is 0 Å². The van der Waals surface area contributed by atoms with Crippen LogP contribution in [0, 0.1) is 0 Å². The van der Waals surface area contributed by atoms with Gasteiger partial charge in [0.1, 0.15) is 0 Å². The summed E-state index contributed by atoms with van der Waals surface area (Å²) < 4.78 is 0.882. The second-order valence-electron chi connectivity index (χ2n) is 0.863. The Balaban J connectivity index is 3.36. The molecule has 0 rings (SSSR count). The zero-order valence-corrected chi connectivity index (χ0v) is 5.97. The molecule has 0 aromatic heterocycles. The summed E-state index contributed by atoms with van der Waals surface area (Å²) in [5.74, 6) is 0. The quantitative estimate of drug-likeness (QED) is 0.525. The lowest BCUT2D eigenvalue weighted by Gasteiger charge is -1.90. The van der Waals surface area contributed by atoms with E-state index in [0.29, 0.717) is 0 Å². The first kappa shape index (κ1) is 6.81. The number of rotatable bonds is 2. The summed E-state index contributed by atoms with van der Waals surface area (Å²) in [6.45, 7) is 3.44. The molecule has 0 aliphatic heterocycles. The van der Waals surface area contributed by atoms with Gasteiger partial charge in [0.05, 0.1) is 3.70 Å². The van der Waals surface area contributed by atoms with Crippen molar-refractivity contribution >= 4 is 22.6 Å². The molecule has 3 N–H and O–H groups in total. The fourth-order valence-corrected chi connectivity index (χ4v) is 0.366. The number of hydrogen-bond acceptors (Lipinski definition) is 2. The summed E-state index contributed by atoms with van der Waals surface area (Å²) in [6.07, 6.45) is 3.05. The molecule has 2 nitrogen and oxygen atoms in total. The highest BCUT2D eigenvalue weighted by atomic mass is 127. The molecule has 0 radical (unpaired) electrons. The Hall–Kier alpha value is -0.190. The van der Waals surface area contributed by atoms with E-state index in [9.17, 15) is 0 Å². The molecule has 0 heterocycles. The third-order valence-electron chi connectivity index (χ3n) is 0.386. The van der Waals surface area contributed by atoms with Crippen LogP contribution in [0.1, 0.15) is 0 Å². The van der Waals surface area contributed by atoms with Crippen LogP contribution in [0.15, 0.2) is 22.7 Å². The largest absolute Gasteiger partial charge is 0.403 e. The summed E-state index contributed by atoms with van der Waals surface area (Å²) in [5.41, 5.74) is 5.08. The van der Waals surface area contributed by atoms with Gasteiger partial charge in [0, 0.05) is 6.20 Å². The molecule has 0 bridgehead atoms. The van der Waals surface area contributed by atoms with Crippen molar-refractivity contribution in [3.8, 4) is 0 Å². The van der Waals surface area contributed by atoms with Gasteiger partial charge in [-0.25, -0.2) is 0 Å². The second kappa shape index (κ2) is 3.98. The molecule has 0 atom stereocenters. The SMILES string of the molecule is C=CN/C(I)=C\N. The third kappa shape index (κ3) is 3.65. The Kier molecular flexibility index (Phi) is 3.87. The summed E-state index contributed by atoms with van der Waals surface area (Å²) in [5, 5.41) is 2.78. The van der Waals surface area contributed by atoms with Gasteiger partial charge in [-0.05, 0) is 28.8 Å². The lowest BCUT2D eigenvalue weighted by molar-refractivity contribution is 1.18. The minimum atomic E-state index is 0.882. The first-order valence-corrected chi connectivity index (χ1v) is 2.84. The number of nitrogens with one attached hydrogen (secondary N) is 1. The van der Waals surface area contributed by atoms with Gasteiger partial charge in [0.25, 0.3) is 0 Å². The number of halogens is 1. The minimum absolute atomic E-state index is 0.882. The van der Waals surface area contributed by atoms with E-state index in [-0.39, 0.29) is 0 Å². The van der Waals surface area contributed by atoms with E-state index in [1.165, 1.54) is 6.20 Å². The summed E-state index contributed by atoms with van der Waals surface area (Å²) in [6, 6.07) is 0. The van der Waals surface area contributed by atoms with Gasteiger partial charge >= 0.3 is 0 Å². The molecule has 7 heavy (non-hydrogen) atoms. The van der Waals surface area contributed by atoms with Crippen molar-refractivity contribution in [2.75, 3.05) is 0 Å². The molecule has 3 heteroatoms. The van der Waals surface area contributed by atoms with Crippen LogP contribution in [0.3, 0.4) is 0 Å². The Bertz CT molecular complexity index is 87.7. The van der Waals surface area contributed by atoms with Crippen LogP contribution in [-0.2, 0) is 0 Å². The fraction of sp³-hybridized carbons (Fsp3) is 0. The highest BCUT2D eigenvalue weighted by Crippen LogP contribution is 1.95. The van der Waals surface area contributed by atoms with E-state index in [2.05, 4.69) is 34.5 Å². The maximum absolute atomic E-state index is 5.08. The summed E-state index contributed by atoms with van der Waals surface area (Å²) in [7, 11) is 0. The first-order chi connectivity index (χ1) is 3.31. The van der Waals surface area contributed by atoms with Gasteiger partial charge in [0.15, 0.2) is 0 Å². The molecule has 0 saturated heterocycles. The Morgan fingerprint density at radius 3 is 2.57 bits per heavy atom. The number of hydrogen-bond donors (Lipinski definition) is 2. The van der Waals surface area contributed by atoms with Crippen LogP contribution in [-0.4, -0.2) is 0 Å². The highest BCUT2D eigenvalue weighted by Gasteiger charge is 1.75. The highest BCUT2D eigenvalue weighted by molar-refractivity contribution is 14.1. The van der Waals surface area contributed by atoms with Gasteiger partial charge < -0.3 is 11.1 Å². The van der Waals surface area contributed by atoms with Gasteiger partial charge in [-0.2, -0.15) is 0 Å². The maximum atomic E-state index is 5.08. The van der Waals surface area contributed by atoms with Crippen molar-refractivity contribution < 1.29 is 0 Å². The Labute approximate surface area is 56.6 Å². The third-order valence-corrected chi connectivity index (χ3v) is 1.06. The van der Waals surface area contributed by atoms with Gasteiger partial charge in [-0.1, -0.05) is 6.58 Å². The van der Waals surface area contributed by atoms with Crippen LogP contribution < -0.4 is 11.1 Å².